The van der Waals surface area contributed by atoms with Gasteiger partial charge >= 0.3 is 12.6 Å². The van der Waals surface area contributed by atoms with Gasteiger partial charge in [-0.1, -0.05) is 11.6 Å². The molecule has 1 fully saturated rings. The molecule has 1 aromatic carbocycles. The van der Waals surface area contributed by atoms with Gasteiger partial charge in [0.2, 0.25) is 5.91 Å². The highest BCUT2D eigenvalue weighted by molar-refractivity contribution is 14.0. The molecule has 0 aliphatic carbocycles. The van der Waals surface area contributed by atoms with Crippen molar-refractivity contribution in [1.82, 2.24) is 20.9 Å². The molecular weight excluding hydrogens is 511 g/mol. The van der Waals surface area contributed by atoms with E-state index in [0.717, 1.165) is 4.90 Å². The zero-order valence-electron chi connectivity index (χ0n) is 15.0. The smallest absolute Gasteiger partial charge is 0.387 e. The van der Waals surface area contributed by atoms with Crippen LogP contribution >= 0.6 is 35.6 Å². The molecule has 0 radical (unpaired) electrons. The quantitative estimate of drug-likeness (QED) is 0.207. The first-order valence-corrected chi connectivity index (χ1v) is 8.62. The summed E-state index contributed by atoms with van der Waals surface area (Å²) in [7, 11) is 0. The Morgan fingerprint density at radius 1 is 1.39 bits per heavy atom. The molecule has 8 nitrogen and oxygen atoms in total. The summed E-state index contributed by atoms with van der Waals surface area (Å²) in [6.07, 6.45) is 0. The maximum atomic E-state index is 12.5. The summed E-state index contributed by atoms with van der Waals surface area (Å²) < 4.78 is 29.5. The Morgan fingerprint density at radius 2 is 2.14 bits per heavy atom. The van der Waals surface area contributed by atoms with Crippen molar-refractivity contribution in [3.05, 3.63) is 28.8 Å². The third kappa shape index (κ3) is 7.26. The highest BCUT2D eigenvalue weighted by Crippen LogP contribution is 2.25. The van der Waals surface area contributed by atoms with E-state index < -0.39 is 12.6 Å². The highest BCUT2D eigenvalue weighted by atomic mass is 127. The summed E-state index contributed by atoms with van der Waals surface area (Å²) in [6, 6.07) is 3.88. The molecule has 1 heterocycles. The fourth-order valence-corrected chi connectivity index (χ4v) is 2.55. The second-order valence-corrected chi connectivity index (χ2v) is 5.89. The summed E-state index contributed by atoms with van der Waals surface area (Å²) in [5.41, 5.74) is 0.397. The Hall–Kier alpha value is -1.89. The van der Waals surface area contributed by atoms with Crippen LogP contribution in [0.1, 0.15) is 12.5 Å². The van der Waals surface area contributed by atoms with E-state index in [-0.39, 0.29) is 61.8 Å². The van der Waals surface area contributed by atoms with Gasteiger partial charge in [0, 0.05) is 30.2 Å². The Morgan fingerprint density at radius 3 is 2.75 bits per heavy atom. The number of hydrogen-bond acceptors (Lipinski definition) is 4. The van der Waals surface area contributed by atoms with Gasteiger partial charge in [0.15, 0.2) is 5.96 Å². The number of imide groups is 1. The number of carbonyl (C=O) groups excluding carboxylic acids is 2. The van der Waals surface area contributed by atoms with Gasteiger partial charge in [-0.05, 0) is 25.1 Å². The average molecular weight is 532 g/mol. The first-order valence-electron chi connectivity index (χ1n) is 8.24. The SMILES string of the molecule is CCNC(=NCc1cc(Cl)ccc1OC(F)F)NCCN1C(=O)CNC1=O.I. The zero-order chi connectivity index (χ0) is 19.8. The van der Waals surface area contributed by atoms with E-state index in [9.17, 15) is 18.4 Å². The topological polar surface area (TPSA) is 95.1 Å². The molecule has 2 rings (SSSR count). The van der Waals surface area contributed by atoms with Crippen LogP contribution < -0.4 is 20.7 Å². The van der Waals surface area contributed by atoms with E-state index in [1.165, 1.54) is 18.2 Å². The van der Waals surface area contributed by atoms with Crippen molar-refractivity contribution < 1.29 is 23.1 Å². The largest absolute Gasteiger partial charge is 0.434 e. The number of urea groups is 1. The van der Waals surface area contributed by atoms with Crippen molar-refractivity contribution in [2.45, 2.75) is 20.1 Å². The van der Waals surface area contributed by atoms with Crippen LogP contribution in [0, 0.1) is 0 Å². The van der Waals surface area contributed by atoms with Crippen molar-refractivity contribution in [2.24, 2.45) is 4.99 Å². The van der Waals surface area contributed by atoms with E-state index in [0.29, 0.717) is 23.1 Å². The van der Waals surface area contributed by atoms with Crippen LogP contribution in [0.2, 0.25) is 5.02 Å². The number of carbonyl (C=O) groups is 2. The fourth-order valence-electron chi connectivity index (χ4n) is 2.36. The van der Waals surface area contributed by atoms with Crippen molar-refractivity contribution in [1.29, 1.82) is 0 Å². The molecule has 1 aliphatic heterocycles. The number of ether oxygens (including phenoxy) is 1. The standard InChI is InChI=1S/C16H20ClF2N5O3.HI/c1-2-20-15(21-5-6-24-13(25)9-23-16(24)26)22-8-10-7-11(17)3-4-12(10)27-14(18)19;/h3-4,7,14H,2,5-6,8-9H2,1H3,(H,23,26)(H2,20,21,22);1H. The number of alkyl halides is 2. The number of nitrogens with one attached hydrogen (secondary N) is 3. The van der Waals surface area contributed by atoms with Gasteiger partial charge in [-0.2, -0.15) is 8.78 Å². The number of hydrogen-bond donors (Lipinski definition) is 3. The Labute approximate surface area is 183 Å². The van der Waals surface area contributed by atoms with E-state index in [2.05, 4.69) is 25.7 Å². The minimum absolute atomic E-state index is 0. The van der Waals surface area contributed by atoms with Crippen LogP contribution in [-0.2, 0) is 11.3 Å². The molecule has 3 amide bonds. The number of amides is 3. The predicted octanol–water partition coefficient (Wildman–Crippen LogP) is 2.17. The van der Waals surface area contributed by atoms with Gasteiger partial charge in [-0.25, -0.2) is 9.79 Å². The predicted molar refractivity (Wildman–Crippen MR) is 111 cm³/mol. The Kier molecular flexibility index (Phi) is 10.2. The molecule has 0 bridgehead atoms. The van der Waals surface area contributed by atoms with Crippen molar-refractivity contribution in [3.63, 3.8) is 0 Å². The first-order chi connectivity index (χ1) is 12.9. The number of halogens is 4. The van der Waals surface area contributed by atoms with Crippen LogP contribution in [0.25, 0.3) is 0 Å². The Balaban J connectivity index is 0.00000392. The molecule has 1 aliphatic rings. The summed E-state index contributed by atoms with van der Waals surface area (Å²) in [4.78, 5) is 28.4. The number of nitrogens with zero attached hydrogens (tertiary/aromatic N) is 2. The van der Waals surface area contributed by atoms with Crippen LogP contribution in [0.15, 0.2) is 23.2 Å². The van der Waals surface area contributed by atoms with Crippen LogP contribution in [-0.4, -0.2) is 55.6 Å². The normalized spacial score (nSPS) is 14.0. The first kappa shape index (κ1) is 24.1. The summed E-state index contributed by atoms with van der Waals surface area (Å²) in [5, 5.41) is 8.77. The molecular formula is C16H21ClF2IN5O3. The van der Waals surface area contributed by atoms with E-state index >= 15 is 0 Å². The Bertz CT molecular complexity index is 708. The van der Waals surface area contributed by atoms with Gasteiger partial charge in [0.25, 0.3) is 0 Å². The minimum atomic E-state index is -2.95. The van der Waals surface area contributed by atoms with E-state index in [1.807, 2.05) is 6.92 Å². The second-order valence-electron chi connectivity index (χ2n) is 5.46. The summed E-state index contributed by atoms with van der Waals surface area (Å²) >= 11 is 5.92. The lowest BCUT2D eigenvalue weighted by molar-refractivity contribution is -0.124. The van der Waals surface area contributed by atoms with Gasteiger partial charge in [-0.15, -0.1) is 24.0 Å². The van der Waals surface area contributed by atoms with Crippen LogP contribution in [0.3, 0.4) is 0 Å². The average Bonchev–Trinajstić information content (AvgIpc) is 2.93. The van der Waals surface area contributed by atoms with Gasteiger partial charge in [0.05, 0.1) is 13.1 Å². The lowest BCUT2D eigenvalue weighted by Gasteiger charge is -2.15. The van der Waals surface area contributed by atoms with Crippen LogP contribution in [0.4, 0.5) is 13.6 Å². The molecule has 12 heteroatoms. The molecule has 28 heavy (non-hydrogen) atoms. The van der Waals surface area contributed by atoms with E-state index in [4.69, 9.17) is 11.6 Å². The molecule has 0 aromatic heterocycles. The lowest BCUT2D eigenvalue weighted by atomic mass is 10.2. The second kappa shape index (κ2) is 11.8. The molecule has 0 unspecified atom stereocenters. The molecule has 1 saturated heterocycles. The number of guanidine groups is 1. The molecule has 0 spiro atoms. The highest BCUT2D eigenvalue weighted by Gasteiger charge is 2.27. The van der Waals surface area contributed by atoms with Crippen LogP contribution in [0.5, 0.6) is 5.75 Å². The zero-order valence-corrected chi connectivity index (χ0v) is 18.1. The molecule has 3 N–H and O–H groups in total. The minimum Gasteiger partial charge on any atom is -0.434 e. The molecule has 1 aromatic rings. The summed E-state index contributed by atoms with van der Waals surface area (Å²) in [6.45, 7) is -0.0446. The van der Waals surface area contributed by atoms with E-state index in [1.54, 1.807) is 0 Å². The monoisotopic (exact) mass is 531 g/mol. The molecule has 0 atom stereocenters. The maximum absolute atomic E-state index is 12.5. The molecule has 0 saturated carbocycles. The van der Waals surface area contributed by atoms with Gasteiger partial charge in [0.1, 0.15) is 5.75 Å². The third-order valence-corrected chi connectivity index (χ3v) is 3.79. The van der Waals surface area contributed by atoms with Crippen molar-refractivity contribution >= 4 is 53.5 Å². The van der Waals surface area contributed by atoms with Crippen molar-refractivity contribution in [3.8, 4) is 5.75 Å². The number of benzene rings is 1. The van der Waals surface area contributed by atoms with Gasteiger partial charge < -0.3 is 20.7 Å². The third-order valence-electron chi connectivity index (χ3n) is 3.56. The summed E-state index contributed by atoms with van der Waals surface area (Å²) in [5.74, 6) is 0.0947. The lowest BCUT2D eigenvalue weighted by Crippen LogP contribution is -2.43. The number of aliphatic imine (C=N–C) groups is 1. The molecule has 156 valence electrons. The fraction of sp³-hybridized carbons (Fsp3) is 0.438. The number of rotatable bonds is 8. The van der Waals surface area contributed by atoms with Gasteiger partial charge in [-0.3, -0.25) is 9.69 Å². The van der Waals surface area contributed by atoms with Crippen molar-refractivity contribution in [2.75, 3.05) is 26.2 Å². The maximum Gasteiger partial charge on any atom is 0.387 e.